The van der Waals surface area contributed by atoms with E-state index in [1.54, 1.807) is 0 Å². The summed E-state index contributed by atoms with van der Waals surface area (Å²) >= 11 is 2.36. The van der Waals surface area contributed by atoms with Crippen LogP contribution in [0.4, 0.5) is 5.69 Å². The lowest BCUT2D eigenvalue weighted by atomic mass is 9.98. The van der Waals surface area contributed by atoms with Crippen LogP contribution in [-0.2, 0) is 0 Å². The summed E-state index contributed by atoms with van der Waals surface area (Å²) in [6.07, 6.45) is 3.98. The van der Waals surface area contributed by atoms with Crippen molar-refractivity contribution >= 4 is 39.3 Å². The summed E-state index contributed by atoms with van der Waals surface area (Å²) in [6.45, 7) is 8.94. The van der Waals surface area contributed by atoms with Crippen LogP contribution in [0.25, 0.3) is 22.2 Å². The van der Waals surface area contributed by atoms with E-state index in [2.05, 4.69) is 81.5 Å². The van der Waals surface area contributed by atoms with Crippen LogP contribution in [0.2, 0.25) is 0 Å². The number of rotatable bonds is 2. The quantitative estimate of drug-likeness (QED) is 0.600. The minimum atomic E-state index is 0.954. The van der Waals surface area contributed by atoms with E-state index in [1.165, 1.54) is 36.9 Å². The molecule has 4 rings (SSSR count). The van der Waals surface area contributed by atoms with E-state index < -0.39 is 0 Å². The van der Waals surface area contributed by atoms with Gasteiger partial charge in [-0.05, 0) is 78.4 Å². The van der Waals surface area contributed by atoms with Crippen molar-refractivity contribution in [3.05, 3.63) is 45.3 Å². The van der Waals surface area contributed by atoms with Crippen LogP contribution in [0.15, 0.2) is 30.6 Å². The van der Waals surface area contributed by atoms with E-state index in [-0.39, 0.29) is 0 Å². The van der Waals surface area contributed by atoms with Crippen molar-refractivity contribution in [2.75, 3.05) is 38.1 Å². The molecule has 0 radical (unpaired) electrons. The second-order valence-electron chi connectivity index (χ2n) is 7.01. The van der Waals surface area contributed by atoms with E-state index >= 15 is 0 Å². The Bertz CT molecular complexity index is 900. The Kier molecular flexibility index (Phi) is 4.45. The van der Waals surface area contributed by atoms with E-state index in [9.17, 15) is 0 Å². The Hall–Kier alpha value is -1.60. The predicted octanol–water partition coefficient (Wildman–Crippen LogP) is 4.20. The van der Waals surface area contributed by atoms with Gasteiger partial charge in [-0.2, -0.15) is 0 Å². The number of nitrogens with one attached hydrogen (secondary N) is 1. The number of anilines is 1. The van der Waals surface area contributed by atoms with Crippen molar-refractivity contribution < 1.29 is 0 Å². The van der Waals surface area contributed by atoms with E-state index in [0.717, 1.165) is 31.8 Å². The largest absolute Gasteiger partial charge is 0.369 e. The molecule has 0 spiro atoms. The van der Waals surface area contributed by atoms with E-state index in [0.29, 0.717) is 0 Å². The van der Waals surface area contributed by atoms with E-state index in [1.807, 2.05) is 12.4 Å². The summed E-state index contributed by atoms with van der Waals surface area (Å²) in [5.74, 6) is 0. The van der Waals surface area contributed by atoms with Crippen molar-refractivity contribution in [3.63, 3.8) is 0 Å². The van der Waals surface area contributed by atoms with Gasteiger partial charge in [0.1, 0.15) is 5.65 Å². The minimum absolute atomic E-state index is 0.954. The van der Waals surface area contributed by atoms with Crippen LogP contribution < -0.4 is 4.90 Å². The van der Waals surface area contributed by atoms with Gasteiger partial charge in [0.2, 0.25) is 0 Å². The molecule has 0 unspecified atom stereocenters. The third-order valence-corrected chi connectivity index (χ3v) is 6.02. The van der Waals surface area contributed by atoms with Gasteiger partial charge in [0, 0.05) is 58.8 Å². The molecule has 0 saturated carbocycles. The zero-order valence-corrected chi connectivity index (χ0v) is 17.1. The first-order valence-corrected chi connectivity index (χ1v) is 9.78. The molecule has 2 aromatic heterocycles. The Morgan fingerprint density at radius 3 is 2.36 bits per heavy atom. The zero-order valence-electron chi connectivity index (χ0n) is 14.9. The molecular weight excluding hydrogens is 423 g/mol. The number of piperazine rings is 1. The van der Waals surface area contributed by atoms with Gasteiger partial charge in [0.05, 0.1) is 0 Å². The molecule has 0 bridgehead atoms. The maximum Gasteiger partial charge on any atom is 0.138 e. The standard InChI is InChI=1S/C20H23IN4/c1-13-8-15(16-10-17-18(21)12-23-20(17)22-11-16)9-14(2)19(13)25-6-4-24(3)5-7-25/h8-12H,4-7H2,1-3H3,(H,22,23). The number of halogens is 1. The summed E-state index contributed by atoms with van der Waals surface area (Å²) in [7, 11) is 2.20. The van der Waals surface area contributed by atoms with Crippen molar-refractivity contribution in [1.82, 2.24) is 14.9 Å². The molecule has 1 aliphatic rings. The second kappa shape index (κ2) is 6.61. The normalized spacial score (nSPS) is 15.9. The Morgan fingerprint density at radius 2 is 1.68 bits per heavy atom. The van der Waals surface area contributed by atoms with Gasteiger partial charge >= 0.3 is 0 Å². The van der Waals surface area contributed by atoms with Gasteiger partial charge in [0.15, 0.2) is 0 Å². The highest BCUT2D eigenvalue weighted by Gasteiger charge is 2.18. The van der Waals surface area contributed by atoms with E-state index in [4.69, 9.17) is 0 Å². The number of pyridine rings is 1. The Labute approximate surface area is 162 Å². The maximum atomic E-state index is 4.58. The average Bonchev–Trinajstić information content (AvgIpc) is 2.96. The number of aromatic nitrogens is 2. The first-order valence-electron chi connectivity index (χ1n) is 8.70. The molecule has 5 heteroatoms. The highest BCUT2D eigenvalue weighted by molar-refractivity contribution is 14.1. The lowest BCUT2D eigenvalue weighted by Gasteiger charge is -2.36. The first kappa shape index (κ1) is 16.8. The fraction of sp³-hybridized carbons (Fsp3) is 0.350. The number of nitrogens with zero attached hydrogens (tertiary/aromatic N) is 3. The van der Waals surface area contributed by atoms with Crippen LogP contribution in [-0.4, -0.2) is 48.1 Å². The van der Waals surface area contributed by atoms with Crippen LogP contribution >= 0.6 is 22.6 Å². The third-order valence-electron chi connectivity index (χ3n) is 5.12. The van der Waals surface area contributed by atoms with Gasteiger partial charge in [-0.3, -0.25) is 0 Å². The Balaban J connectivity index is 1.72. The molecule has 0 aliphatic carbocycles. The highest BCUT2D eigenvalue weighted by Crippen LogP contribution is 2.32. The predicted molar refractivity (Wildman–Crippen MR) is 113 cm³/mol. The number of aryl methyl sites for hydroxylation is 2. The van der Waals surface area contributed by atoms with Gasteiger partial charge in [-0.25, -0.2) is 4.98 Å². The lowest BCUT2D eigenvalue weighted by molar-refractivity contribution is 0.312. The average molecular weight is 446 g/mol. The fourth-order valence-corrected chi connectivity index (χ4v) is 4.35. The SMILES string of the molecule is Cc1cc(-c2cnc3[nH]cc(I)c3c2)cc(C)c1N1CCN(C)CC1. The molecule has 3 heterocycles. The molecule has 1 fully saturated rings. The molecule has 1 aromatic carbocycles. The van der Waals surface area contributed by atoms with Gasteiger partial charge in [0.25, 0.3) is 0 Å². The number of benzene rings is 1. The van der Waals surface area contributed by atoms with Crippen molar-refractivity contribution in [2.45, 2.75) is 13.8 Å². The Morgan fingerprint density at radius 1 is 1.00 bits per heavy atom. The topological polar surface area (TPSA) is 35.2 Å². The summed E-state index contributed by atoms with van der Waals surface area (Å²) < 4.78 is 1.21. The number of hydrogen-bond donors (Lipinski definition) is 1. The van der Waals surface area contributed by atoms with Crippen molar-refractivity contribution in [2.24, 2.45) is 0 Å². The summed E-state index contributed by atoms with van der Waals surface area (Å²) in [5, 5.41) is 1.19. The van der Waals surface area contributed by atoms with Gasteiger partial charge in [-0.15, -0.1) is 0 Å². The van der Waals surface area contributed by atoms with Crippen LogP contribution in [0.1, 0.15) is 11.1 Å². The van der Waals surface area contributed by atoms with Crippen LogP contribution in [0.5, 0.6) is 0 Å². The van der Waals surface area contributed by atoms with Gasteiger partial charge in [-0.1, -0.05) is 0 Å². The monoisotopic (exact) mass is 446 g/mol. The zero-order chi connectivity index (χ0) is 17.6. The number of fused-ring (bicyclic) bond motifs is 1. The molecule has 130 valence electrons. The molecule has 1 aliphatic heterocycles. The van der Waals surface area contributed by atoms with Gasteiger partial charge < -0.3 is 14.8 Å². The molecule has 0 amide bonds. The van der Waals surface area contributed by atoms with Crippen molar-refractivity contribution in [3.8, 4) is 11.1 Å². The molecule has 25 heavy (non-hydrogen) atoms. The molecule has 0 atom stereocenters. The molecule has 4 nitrogen and oxygen atoms in total. The smallest absolute Gasteiger partial charge is 0.138 e. The van der Waals surface area contributed by atoms with Crippen LogP contribution in [0.3, 0.4) is 0 Å². The number of H-pyrrole nitrogens is 1. The maximum absolute atomic E-state index is 4.58. The summed E-state index contributed by atoms with van der Waals surface area (Å²) in [6, 6.07) is 6.86. The number of hydrogen-bond acceptors (Lipinski definition) is 3. The molecule has 3 aromatic rings. The fourth-order valence-electron chi connectivity index (χ4n) is 3.78. The third kappa shape index (κ3) is 3.15. The summed E-state index contributed by atoms with van der Waals surface area (Å²) in [5.41, 5.74) is 7.49. The molecular formula is C20H23IN4. The number of likely N-dealkylation sites (N-methyl/N-ethyl adjacent to an activating group) is 1. The second-order valence-corrected chi connectivity index (χ2v) is 8.17. The highest BCUT2D eigenvalue weighted by atomic mass is 127. The number of aromatic amines is 1. The van der Waals surface area contributed by atoms with Crippen molar-refractivity contribution in [1.29, 1.82) is 0 Å². The lowest BCUT2D eigenvalue weighted by Crippen LogP contribution is -2.45. The summed E-state index contributed by atoms with van der Waals surface area (Å²) in [4.78, 5) is 12.7. The van der Waals surface area contributed by atoms with Crippen LogP contribution in [0, 0.1) is 17.4 Å². The molecule has 1 N–H and O–H groups in total. The first-order chi connectivity index (χ1) is 12.0. The minimum Gasteiger partial charge on any atom is -0.369 e. The molecule has 1 saturated heterocycles.